The van der Waals surface area contributed by atoms with Crippen LogP contribution in [-0.4, -0.2) is 21.0 Å². The summed E-state index contributed by atoms with van der Waals surface area (Å²) in [5.41, 5.74) is 0.975. The van der Waals surface area contributed by atoms with Crippen LogP contribution in [0.25, 0.3) is 10.8 Å². The maximum atomic E-state index is 11.1. The van der Waals surface area contributed by atoms with Gasteiger partial charge in [0.2, 0.25) is 0 Å². The molecule has 0 unspecified atom stereocenters. The fourth-order valence-corrected chi connectivity index (χ4v) is 1.92. The van der Waals surface area contributed by atoms with Crippen LogP contribution in [0.5, 0.6) is 0 Å². The number of carbonyl (C=O) groups is 1. The quantitative estimate of drug-likeness (QED) is 0.832. The van der Waals surface area contributed by atoms with E-state index in [0.717, 1.165) is 10.9 Å². The van der Waals surface area contributed by atoms with Gasteiger partial charge in [0, 0.05) is 17.8 Å². The number of hydrogen-bond donors (Lipinski definition) is 1. The molecule has 17 heavy (non-hydrogen) atoms. The van der Waals surface area contributed by atoms with Crippen molar-refractivity contribution < 1.29 is 9.90 Å². The van der Waals surface area contributed by atoms with E-state index in [1.165, 1.54) is 6.20 Å². The molecule has 2 aromatic rings. The number of aromatic carboxylic acids is 1. The average Bonchev–Trinajstić information content (AvgIpc) is 2.26. The van der Waals surface area contributed by atoms with Crippen LogP contribution in [0.1, 0.15) is 35.8 Å². The van der Waals surface area contributed by atoms with Gasteiger partial charge in [0.15, 0.2) is 5.69 Å². The summed E-state index contributed by atoms with van der Waals surface area (Å²) >= 11 is 5.85. The second-order valence-corrected chi connectivity index (χ2v) is 4.46. The Morgan fingerprint density at radius 1 is 1.29 bits per heavy atom. The predicted molar refractivity (Wildman–Crippen MR) is 65.6 cm³/mol. The number of fused-ring (bicyclic) bond motifs is 1. The SMILES string of the molecule is CC(C)c1cnc(C(=O)O)c2cnc(Cl)cc12. The van der Waals surface area contributed by atoms with Crippen LogP contribution >= 0.6 is 11.6 Å². The zero-order chi connectivity index (χ0) is 12.6. The van der Waals surface area contributed by atoms with Crippen molar-refractivity contribution in [2.45, 2.75) is 19.8 Å². The van der Waals surface area contributed by atoms with Gasteiger partial charge in [0.25, 0.3) is 0 Å². The predicted octanol–water partition coefficient (Wildman–Crippen LogP) is 3.10. The first-order valence-corrected chi connectivity index (χ1v) is 5.56. The van der Waals surface area contributed by atoms with E-state index < -0.39 is 5.97 Å². The number of rotatable bonds is 2. The van der Waals surface area contributed by atoms with E-state index in [2.05, 4.69) is 9.97 Å². The first kappa shape index (κ1) is 11.8. The standard InChI is InChI=1S/C12H11ClN2O2/c1-6(2)8-4-15-11(12(16)17)9-5-14-10(13)3-7(8)9/h3-6H,1-2H3,(H,16,17). The smallest absolute Gasteiger partial charge is 0.355 e. The summed E-state index contributed by atoms with van der Waals surface area (Å²) < 4.78 is 0. The van der Waals surface area contributed by atoms with Crippen molar-refractivity contribution >= 4 is 28.3 Å². The third-order valence-corrected chi connectivity index (χ3v) is 2.80. The van der Waals surface area contributed by atoms with Crippen molar-refractivity contribution in [1.29, 1.82) is 0 Å². The number of halogens is 1. The normalized spacial score (nSPS) is 11.1. The minimum absolute atomic E-state index is 0.00793. The van der Waals surface area contributed by atoms with Gasteiger partial charge < -0.3 is 5.11 Å². The highest BCUT2D eigenvalue weighted by molar-refractivity contribution is 6.30. The van der Waals surface area contributed by atoms with Crippen LogP contribution in [-0.2, 0) is 0 Å². The molecule has 0 atom stereocenters. The molecule has 0 aliphatic heterocycles. The summed E-state index contributed by atoms with van der Waals surface area (Å²) in [7, 11) is 0. The van der Waals surface area contributed by atoms with Crippen molar-refractivity contribution in [2.75, 3.05) is 0 Å². The van der Waals surface area contributed by atoms with Gasteiger partial charge in [-0.1, -0.05) is 25.4 Å². The van der Waals surface area contributed by atoms with Crippen molar-refractivity contribution in [1.82, 2.24) is 9.97 Å². The Hall–Kier alpha value is -1.68. The zero-order valence-corrected chi connectivity index (χ0v) is 10.2. The van der Waals surface area contributed by atoms with Gasteiger partial charge in [-0.25, -0.2) is 14.8 Å². The van der Waals surface area contributed by atoms with Gasteiger partial charge >= 0.3 is 5.97 Å². The molecule has 0 saturated carbocycles. The van der Waals surface area contributed by atoms with Gasteiger partial charge in [0.05, 0.1) is 0 Å². The fourth-order valence-electron chi connectivity index (χ4n) is 1.76. The molecule has 2 rings (SSSR count). The second kappa shape index (κ2) is 4.30. The minimum Gasteiger partial charge on any atom is -0.476 e. The van der Waals surface area contributed by atoms with Crippen LogP contribution in [0, 0.1) is 0 Å². The topological polar surface area (TPSA) is 63.1 Å². The highest BCUT2D eigenvalue weighted by Gasteiger charge is 2.15. The fraction of sp³-hybridized carbons (Fsp3) is 0.250. The zero-order valence-electron chi connectivity index (χ0n) is 9.44. The number of nitrogens with zero attached hydrogens (tertiary/aromatic N) is 2. The number of carboxylic acid groups (broad SMARTS) is 1. The molecule has 0 radical (unpaired) electrons. The van der Waals surface area contributed by atoms with Crippen LogP contribution in [0.3, 0.4) is 0 Å². The lowest BCUT2D eigenvalue weighted by Gasteiger charge is -2.10. The molecular weight excluding hydrogens is 240 g/mol. The molecule has 0 saturated heterocycles. The number of pyridine rings is 2. The van der Waals surface area contributed by atoms with Crippen molar-refractivity contribution in [3.63, 3.8) is 0 Å². The summed E-state index contributed by atoms with van der Waals surface area (Å²) in [5.74, 6) is -0.819. The van der Waals surface area contributed by atoms with Crippen molar-refractivity contribution in [3.8, 4) is 0 Å². The largest absolute Gasteiger partial charge is 0.476 e. The Labute approximate surface area is 103 Å². The number of aromatic nitrogens is 2. The molecule has 4 nitrogen and oxygen atoms in total. The molecule has 88 valence electrons. The Morgan fingerprint density at radius 3 is 2.59 bits per heavy atom. The lowest BCUT2D eigenvalue weighted by atomic mass is 9.98. The lowest BCUT2D eigenvalue weighted by Crippen LogP contribution is -2.04. The van der Waals surface area contributed by atoms with Gasteiger partial charge in [-0.3, -0.25) is 0 Å². The van der Waals surface area contributed by atoms with E-state index in [9.17, 15) is 4.79 Å². The van der Waals surface area contributed by atoms with E-state index in [0.29, 0.717) is 10.5 Å². The van der Waals surface area contributed by atoms with E-state index in [1.807, 2.05) is 13.8 Å². The molecule has 2 heterocycles. The maximum Gasteiger partial charge on any atom is 0.355 e. The average molecular weight is 251 g/mol. The van der Waals surface area contributed by atoms with E-state index in [1.54, 1.807) is 12.3 Å². The minimum atomic E-state index is -1.06. The van der Waals surface area contributed by atoms with Gasteiger partial charge in [-0.2, -0.15) is 0 Å². The Balaban J connectivity index is 2.85. The molecule has 1 N–H and O–H groups in total. The molecule has 0 aromatic carbocycles. The summed E-state index contributed by atoms with van der Waals surface area (Å²) in [5, 5.41) is 10.7. The summed E-state index contributed by atoms with van der Waals surface area (Å²) in [6.45, 7) is 4.04. The third kappa shape index (κ3) is 2.08. The van der Waals surface area contributed by atoms with Crippen LogP contribution in [0.2, 0.25) is 5.15 Å². The Morgan fingerprint density at radius 2 is 2.00 bits per heavy atom. The number of carboxylic acids is 1. The monoisotopic (exact) mass is 250 g/mol. The molecule has 0 fully saturated rings. The Bertz CT molecular complexity index is 596. The molecular formula is C12H11ClN2O2. The van der Waals surface area contributed by atoms with Crippen molar-refractivity contribution in [3.05, 3.63) is 34.9 Å². The lowest BCUT2D eigenvalue weighted by molar-refractivity contribution is 0.0693. The molecule has 0 spiro atoms. The summed E-state index contributed by atoms with van der Waals surface area (Å²) in [4.78, 5) is 18.9. The first-order chi connectivity index (χ1) is 8.00. The van der Waals surface area contributed by atoms with Crippen LogP contribution < -0.4 is 0 Å². The third-order valence-electron chi connectivity index (χ3n) is 2.59. The van der Waals surface area contributed by atoms with Gasteiger partial charge in [-0.05, 0) is 22.9 Å². The van der Waals surface area contributed by atoms with E-state index in [4.69, 9.17) is 16.7 Å². The van der Waals surface area contributed by atoms with Gasteiger partial charge in [0.1, 0.15) is 5.15 Å². The second-order valence-electron chi connectivity index (χ2n) is 4.07. The summed E-state index contributed by atoms with van der Waals surface area (Å²) in [6.07, 6.45) is 3.05. The molecule has 0 amide bonds. The maximum absolute atomic E-state index is 11.1. The van der Waals surface area contributed by atoms with E-state index in [-0.39, 0.29) is 11.6 Å². The molecule has 5 heteroatoms. The highest BCUT2D eigenvalue weighted by Crippen LogP contribution is 2.27. The first-order valence-electron chi connectivity index (χ1n) is 5.18. The molecule has 0 aliphatic carbocycles. The van der Waals surface area contributed by atoms with E-state index >= 15 is 0 Å². The highest BCUT2D eigenvalue weighted by atomic mass is 35.5. The summed E-state index contributed by atoms with van der Waals surface area (Å²) in [6, 6.07) is 1.68. The molecule has 2 aromatic heterocycles. The Kier molecular flexibility index (Phi) is 2.98. The van der Waals surface area contributed by atoms with Crippen LogP contribution in [0.15, 0.2) is 18.5 Å². The number of hydrogen-bond acceptors (Lipinski definition) is 3. The molecule has 0 bridgehead atoms. The van der Waals surface area contributed by atoms with Crippen molar-refractivity contribution in [2.24, 2.45) is 0 Å². The molecule has 0 aliphatic rings. The van der Waals surface area contributed by atoms with Gasteiger partial charge in [-0.15, -0.1) is 0 Å². The van der Waals surface area contributed by atoms with Crippen LogP contribution in [0.4, 0.5) is 0 Å².